The summed E-state index contributed by atoms with van der Waals surface area (Å²) in [4.78, 5) is 12.5. The number of anilines is 1. The lowest BCUT2D eigenvalue weighted by Gasteiger charge is -2.24. The summed E-state index contributed by atoms with van der Waals surface area (Å²) >= 11 is 0. The molecule has 0 spiro atoms. The molecular formula is C20H27BN2O6S. The molecule has 0 aliphatic rings. The molecular weight excluding hydrogens is 407 g/mol. The quantitative estimate of drug-likeness (QED) is 0.362. The summed E-state index contributed by atoms with van der Waals surface area (Å²) in [7, 11) is -5.62. The molecule has 2 rings (SSSR count). The van der Waals surface area contributed by atoms with Crippen LogP contribution in [-0.2, 0) is 25.9 Å². The topological polar surface area (TPSA) is 116 Å². The van der Waals surface area contributed by atoms with Crippen LogP contribution in [-0.4, -0.2) is 50.2 Å². The van der Waals surface area contributed by atoms with E-state index in [4.69, 9.17) is 14.7 Å². The molecule has 1 amide bonds. The predicted molar refractivity (Wildman–Crippen MR) is 116 cm³/mol. The van der Waals surface area contributed by atoms with Gasteiger partial charge < -0.3 is 20.0 Å². The van der Waals surface area contributed by atoms with Crippen LogP contribution in [0.15, 0.2) is 54.6 Å². The van der Waals surface area contributed by atoms with Crippen LogP contribution in [0.2, 0.25) is 0 Å². The first-order chi connectivity index (χ1) is 14.2. The van der Waals surface area contributed by atoms with Gasteiger partial charge in [-0.3, -0.25) is 9.10 Å². The summed E-state index contributed by atoms with van der Waals surface area (Å²) in [5.41, 5.74) is 2.39. The van der Waals surface area contributed by atoms with Gasteiger partial charge in [0.15, 0.2) is 0 Å². The molecule has 162 valence electrons. The maximum atomic E-state index is 12.5. The maximum absolute atomic E-state index is 12.5. The lowest BCUT2D eigenvalue weighted by atomic mass is 10.1. The Kier molecular flexibility index (Phi) is 8.85. The van der Waals surface area contributed by atoms with Crippen LogP contribution < -0.4 is 9.62 Å². The van der Waals surface area contributed by atoms with Gasteiger partial charge in [-0.25, -0.2) is 8.42 Å². The number of hydrogen-bond acceptors (Lipinski definition) is 6. The van der Waals surface area contributed by atoms with E-state index in [9.17, 15) is 13.2 Å². The number of rotatable bonds is 11. The molecule has 0 aliphatic heterocycles. The van der Waals surface area contributed by atoms with E-state index in [1.807, 2.05) is 31.2 Å². The fourth-order valence-corrected chi connectivity index (χ4v) is 3.98. The largest absolute Gasteiger partial charge is 0.635 e. The van der Waals surface area contributed by atoms with E-state index in [-0.39, 0.29) is 25.1 Å². The molecule has 0 aromatic heterocycles. The number of nitrogens with zero attached hydrogens (tertiary/aromatic N) is 1. The van der Waals surface area contributed by atoms with Gasteiger partial charge in [0.05, 0.1) is 11.4 Å². The summed E-state index contributed by atoms with van der Waals surface area (Å²) in [5, 5.41) is 20.9. The third-order valence-corrected chi connectivity index (χ3v) is 6.23. The van der Waals surface area contributed by atoms with Gasteiger partial charge in [0, 0.05) is 19.4 Å². The van der Waals surface area contributed by atoms with Gasteiger partial charge in [-0.05, 0) is 31.5 Å². The van der Waals surface area contributed by atoms with E-state index in [2.05, 4.69) is 5.32 Å². The molecule has 1 atom stereocenters. The first-order valence-electron chi connectivity index (χ1n) is 9.63. The predicted octanol–water partition coefficient (Wildman–Crippen LogP) is 1.21. The van der Waals surface area contributed by atoms with E-state index >= 15 is 0 Å². The first kappa shape index (κ1) is 23.9. The Balaban J connectivity index is 2.04. The van der Waals surface area contributed by atoms with Crippen molar-refractivity contribution in [3.05, 3.63) is 65.7 Å². The maximum Gasteiger partial charge on any atom is 0.635 e. The molecule has 3 N–H and O–H groups in total. The molecule has 0 radical (unpaired) electrons. The van der Waals surface area contributed by atoms with Crippen molar-refractivity contribution < 1.29 is 27.9 Å². The Morgan fingerprint density at radius 2 is 1.77 bits per heavy atom. The van der Waals surface area contributed by atoms with Gasteiger partial charge in [-0.2, -0.15) is 0 Å². The monoisotopic (exact) mass is 434 g/mol. The van der Waals surface area contributed by atoms with Crippen LogP contribution in [0, 0.1) is 6.92 Å². The van der Waals surface area contributed by atoms with E-state index in [0.29, 0.717) is 5.69 Å². The van der Waals surface area contributed by atoms with Crippen LogP contribution in [0.25, 0.3) is 0 Å². The summed E-state index contributed by atoms with van der Waals surface area (Å²) in [5.74, 6) is -0.570. The smallest absolute Gasteiger partial charge is 0.402 e. The standard InChI is InChI=1S/C20H27BN2O6S/c1-3-30(27,28)23(18-7-5-4-6-8-18)14-13-19(24)22-20(29-21(25)26)15-17-11-9-16(2)10-12-17/h4-12,20,25-26H,3,13-15H2,1-2H3,(H,22,24)/t20-/m1/s1. The van der Waals surface area contributed by atoms with Gasteiger partial charge >= 0.3 is 7.32 Å². The molecule has 2 aromatic rings. The zero-order chi connectivity index (χ0) is 22.1. The Hall–Kier alpha value is -2.40. The Morgan fingerprint density at radius 3 is 2.33 bits per heavy atom. The third-order valence-electron chi connectivity index (χ3n) is 4.44. The van der Waals surface area contributed by atoms with Gasteiger partial charge in [0.1, 0.15) is 6.23 Å². The second-order valence-corrected chi connectivity index (χ2v) is 8.95. The molecule has 8 nitrogen and oxygen atoms in total. The third kappa shape index (κ3) is 7.45. The second kappa shape index (κ2) is 11.1. The summed E-state index contributed by atoms with van der Waals surface area (Å²) in [6, 6.07) is 16.1. The highest BCUT2D eigenvalue weighted by Gasteiger charge is 2.24. The van der Waals surface area contributed by atoms with E-state index in [1.165, 1.54) is 4.31 Å². The van der Waals surface area contributed by atoms with Gasteiger partial charge in [-0.1, -0.05) is 48.0 Å². The lowest BCUT2D eigenvalue weighted by Crippen LogP contribution is -2.44. The van der Waals surface area contributed by atoms with Crippen molar-refractivity contribution >= 4 is 28.9 Å². The van der Waals surface area contributed by atoms with Crippen LogP contribution in [0.3, 0.4) is 0 Å². The van der Waals surface area contributed by atoms with Crippen molar-refractivity contribution in [2.75, 3.05) is 16.6 Å². The molecule has 0 aliphatic carbocycles. The summed E-state index contributed by atoms with van der Waals surface area (Å²) < 4.78 is 31.1. The van der Waals surface area contributed by atoms with E-state index in [0.717, 1.165) is 11.1 Å². The fraction of sp³-hybridized carbons (Fsp3) is 0.350. The number of carbonyl (C=O) groups excluding carboxylic acids is 1. The highest BCUT2D eigenvalue weighted by atomic mass is 32.2. The van der Waals surface area contributed by atoms with Crippen molar-refractivity contribution in [3.8, 4) is 0 Å². The molecule has 0 saturated heterocycles. The molecule has 0 fully saturated rings. The number of sulfonamides is 1. The normalized spacial score (nSPS) is 12.3. The summed E-state index contributed by atoms with van der Waals surface area (Å²) in [6.07, 6.45) is -0.879. The zero-order valence-electron chi connectivity index (χ0n) is 17.1. The number of aryl methyl sites for hydroxylation is 1. The van der Waals surface area contributed by atoms with Gasteiger partial charge in [-0.15, -0.1) is 0 Å². The zero-order valence-corrected chi connectivity index (χ0v) is 17.9. The van der Waals surface area contributed by atoms with Crippen LogP contribution in [0.5, 0.6) is 0 Å². The molecule has 10 heteroatoms. The first-order valence-corrected chi connectivity index (χ1v) is 11.2. The van der Waals surface area contributed by atoms with Crippen molar-refractivity contribution in [2.24, 2.45) is 0 Å². The molecule has 0 unspecified atom stereocenters. The summed E-state index contributed by atoms with van der Waals surface area (Å²) in [6.45, 7) is 3.43. The van der Waals surface area contributed by atoms with Crippen molar-refractivity contribution in [3.63, 3.8) is 0 Å². The van der Waals surface area contributed by atoms with Gasteiger partial charge in [0.25, 0.3) is 0 Å². The van der Waals surface area contributed by atoms with Crippen LogP contribution in [0.1, 0.15) is 24.5 Å². The average Bonchev–Trinajstić information content (AvgIpc) is 2.70. The van der Waals surface area contributed by atoms with E-state index in [1.54, 1.807) is 37.3 Å². The van der Waals surface area contributed by atoms with Crippen molar-refractivity contribution in [2.45, 2.75) is 32.9 Å². The SMILES string of the molecule is CCS(=O)(=O)N(CCC(=O)N[C@@H](Cc1ccc(C)cc1)OB(O)O)c1ccccc1. The number of carbonyl (C=O) groups is 1. The Labute approximate surface area is 177 Å². The fourth-order valence-electron chi connectivity index (χ4n) is 2.85. The minimum absolute atomic E-state index is 0.0506. The van der Waals surface area contributed by atoms with Crippen LogP contribution >= 0.6 is 0 Å². The molecule has 30 heavy (non-hydrogen) atoms. The van der Waals surface area contributed by atoms with E-state index < -0.39 is 29.5 Å². The minimum atomic E-state index is -3.57. The molecule has 0 bridgehead atoms. The van der Waals surface area contributed by atoms with Crippen molar-refractivity contribution in [1.29, 1.82) is 0 Å². The highest BCUT2D eigenvalue weighted by molar-refractivity contribution is 7.92. The molecule has 2 aromatic carbocycles. The molecule has 0 saturated carbocycles. The Bertz CT molecular complexity index is 907. The number of para-hydroxylation sites is 1. The number of hydrogen-bond donors (Lipinski definition) is 3. The number of amides is 1. The van der Waals surface area contributed by atoms with Crippen molar-refractivity contribution in [1.82, 2.24) is 5.32 Å². The molecule has 0 heterocycles. The average molecular weight is 434 g/mol. The number of nitrogens with one attached hydrogen (secondary N) is 1. The number of benzene rings is 2. The minimum Gasteiger partial charge on any atom is -0.402 e. The lowest BCUT2D eigenvalue weighted by molar-refractivity contribution is -0.123. The second-order valence-electron chi connectivity index (χ2n) is 6.77. The van der Waals surface area contributed by atoms with Crippen LogP contribution in [0.4, 0.5) is 5.69 Å². The Morgan fingerprint density at radius 1 is 1.13 bits per heavy atom. The highest BCUT2D eigenvalue weighted by Crippen LogP contribution is 2.18. The van der Waals surface area contributed by atoms with Gasteiger partial charge in [0.2, 0.25) is 15.9 Å².